The molecule has 2 aromatic heterocycles. The highest BCUT2D eigenvalue weighted by Gasteiger charge is 2.15. The van der Waals surface area contributed by atoms with Crippen LogP contribution >= 0.6 is 0 Å². The van der Waals surface area contributed by atoms with Crippen LogP contribution < -0.4 is 4.74 Å². The Hall–Kier alpha value is -2.89. The van der Waals surface area contributed by atoms with Gasteiger partial charge in [0.2, 0.25) is 0 Å². The number of benzene rings is 1. The molecule has 1 N–H and O–H groups in total. The number of aryl methyl sites for hydroxylation is 1. The molecular weight excluding hydrogens is 268 g/mol. The Bertz CT molecular complexity index is 769. The molecular formula is C15H14N4O2. The summed E-state index contributed by atoms with van der Waals surface area (Å²) in [6, 6.07) is 10.6. The standard InChI is InChI=1S/C15H14N4O2/c1-19-15(11-7-6-10(21-2)9-13(11)20)17-14(18-19)12-5-3-4-8-16-12/h3-9,20H,1-2H3. The van der Waals surface area contributed by atoms with Crippen LogP contribution in [0.1, 0.15) is 0 Å². The van der Waals surface area contributed by atoms with Gasteiger partial charge in [-0.05, 0) is 24.3 Å². The van der Waals surface area contributed by atoms with E-state index in [1.54, 1.807) is 43.2 Å². The summed E-state index contributed by atoms with van der Waals surface area (Å²) < 4.78 is 6.69. The summed E-state index contributed by atoms with van der Waals surface area (Å²) in [7, 11) is 3.33. The number of hydrogen-bond acceptors (Lipinski definition) is 5. The number of phenols is 1. The van der Waals surface area contributed by atoms with E-state index in [1.165, 1.54) is 0 Å². The Morgan fingerprint density at radius 2 is 2.05 bits per heavy atom. The quantitative estimate of drug-likeness (QED) is 0.797. The number of ether oxygens (including phenoxy) is 1. The van der Waals surface area contributed by atoms with E-state index in [0.29, 0.717) is 28.7 Å². The molecule has 0 unspecified atom stereocenters. The van der Waals surface area contributed by atoms with Crippen LogP contribution in [0.5, 0.6) is 11.5 Å². The third-order valence-corrected chi connectivity index (χ3v) is 3.10. The molecule has 0 spiro atoms. The molecule has 6 heteroatoms. The van der Waals surface area contributed by atoms with Crippen molar-refractivity contribution in [2.75, 3.05) is 7.11 Å². The molecule has 0 bridgehead atoms. The third kappa shape index (κ3) is 2.43. The second kappa shape index (κ2) is 5.24. The van der Waals surface area contributed by atoms with Crippen LogP contribution in [-0.4, -0.2) is 32.0 Å². The fourth-order valence-electron chi connectivity index (χ4n) is 2.05. The van der Waals surface area contributed by atoms with E-state index in [-0.39, 0.29) is 5.75 Å². The van der Waals surface area contributed by atoms with Crippen molar-refractivity contribution in [1.29, 1.82) is 0 Å². The molecule has 0 radical (unpaired) electrons. The van der Waals surface area contributed by atoms with Gasteiger partial charge in [-0.1, -0.05) is 6.07 Å². The summed E-state index contributed by atoms with van der Waals surface area (Å²) in [6.45, 7) is 0. The molecule has 21 heavy (non-hydrogen) atoms. The maximum atomic E-state index is 10.1. The Morgan fingerprint density at radius 3 is 2.71 bits per heavy atom. The molecule has 6 nitrogen and oxygen atoms in total. The van der Waals surface area contributed by atoms with Gasteiger partial charge in [-0.3, -0.25) is 4.98 Å². The molecule has 0 atom stereocenters. The number of rotatable bonds is 3. The lowest BCUT2D eigenvalue weighted by atomic mass is 10.2. The van der Waals surface area contributed by atoms with Crippen molar-refractivity contribution >= 4 is 0 Å². The van der Waals surface area contributed by atoms with E-state index >= 15 is 0 Å². The highest BCUT2D eigenvalue weighted by atomic mass is 16.5. The molecule has 0 aliphatic heterocycles. The topological polar surface area (TPSA) is 73.1 Å². The first-order valence-electron chi connectivity index (χ1n) is 6.39. The first-order valence-corrected chi connectivity index (χ1v) is 6.39. The van der Waals surface area contributed by atoms with Crippen LogP contribution in [0.2, 0.25) is 0 Å². The smallest absolute Gasteiger partial charge is 0.200 e. The molecule has 3 aromatic rings. The van der Waals surface area contributed by atoms with Gasteiger partial charge < -0.3 is 9.84 Å². The van der Waals surface area contributed by atoms with E-state index in [2.05, 4.69) is 15.1 Å². The highest BCUT2D eigenvalue weighted by molar-refractivity contribution is 5.67. The zero-order valence-corrected chi connectivity index (χ0v) is 11.7. The number of phenolic OH excluding ortho intramolecular Hbond substituents is 1. The number of aromatic nitrogens is 4. The summed E-state index contributed by atoms with van der Waals surface area (Å²) >= 11 is 0. The molecule has 0 saturated heterocycles. The minimum Gasteiger partial charge on any atom is -0.507 e. The van der Waals surface area contributed by atoms with Gasteiger partial charge in [0.05, 0.1) is 12.7 Å². The lowest BCUT2D eigenvalue weighted by Crippen LogP contribution is -1.95. The fraction of sp³-hybridized carbons (Fsp3) is 0.133. The van der Waals surface area contributed by atoms with E-state index < -0.39 is 0 Å². The summed E-state index contributed by atoms with van der Waals surface area (Å²) in [6.07, 6.45) is 1.69. The monoisotopic (exact) mass is 282 g/mol. The zero-order valence-electron chi connectivity index (χ0n) is 11.7. The minimum absolute atomic E-state index is 0.0948. The molecule has 3 rings (SSSR count). The Balaban J connectivity index is 2.06. The molecule has 2 heterocycles. The zero-order chi connectivity index (χ0) is 14.8. The van der Waals surface area contributed by atoms with Crippen molar-refractivity contribution in [3.63, 3.8) is 0 Å². The van der Waals surface area contributed by atoms with Gasteiger partial charge in [0, 0.05) is 19.3 Å². The largest absolute Gasteiger partial charge is 0.507 e. The summed E-state index contributed by atoms with van der Waals surface area (Å²) in [4.78, 5) is 8.68. The molecule has 0 amide bonds. The van der Waals surface area contributed by atoms with E-state index in [4.69, 9.17) is 4.74 Å². The van der Waals surface area contributed by atoms with Gasteiger partial charge in [0.25, 0.3) is 0 Å². The molecule has 1 aromatic carbocycles. The van der Waals surface area contributed by atoms with Gasteiger partial charge in [-0.2, -0.15) is 0 Å². The maximum Gasteiger partial charge on any atom is 0.200 e. The van der Waals surface area contributed by atoms with Gasteiger partial charge in [0.15, 0.2) is 11.6 Å². The number of hydrogen-bond donors (Lipinski definition) is 1. The van der Waals surface area contributed by atoms with Crippen LogP contribution in [0.25, 0.3) is 22.9 Å². The van der Waals surface area contributed by atoms with Gasteiger partial charge in [-0.15, -0.1) is 5.10 Å². The van der Waals surface area contributed by atoms with Gasteiger partial charge in [-0.25, -0.2) is 9.67 Å². The lowest BCUT2D eigenvalue weighted by molar-refractivity contribution is 0.408. The van der Waals surface area contributed by atoms with Crippen LogP contribution in [0.3, 0.4) is 0 Å². The van der Waals surface area contributed by atoms with Crippen molar-refractivity contribution < 1.29 is 9.84 Å². The number of nitrogens with zero attached hydrogens (tertiary/aromatic N) is 4. The lowest BCUT2D eigenvalue weighted by Gasteiger charge is -2.05. The van der Waals surface area contributed by atoms with Crippen LogP contribution in [-0.2, 0) is 7.05 Å². The van der Waals surface area contributed by atoms with Crippen molar-refractivity contribution in [3.8, 4) is 34.4 Å². The van der Waals surface area contributed by atoms with Crippen molar-refractivity contribution in [2.24, 2.45) is 7.05 Å². The van der Waals surface area contributed by atoms with Gasteiger partial charge in [0.1, 0.15) is 17.2 Å². The van der Waals surface area contributed by atoms with Crippen molar-refractivity contribution in [1.82, 2.24) is 19.7 Å². The molecule has 0 aliphatic rings. The third-order valence-electron chi connectivity index (χ3n) is 3.10. The first-order chi connectivity index (χ1) is 10.2. The maximum absolute atomic E-state index is 10.1. The molecule has 0 fully saturated rings. The normalized spacial score (nSPS) is 10.6. The predicted molar refractivity (Wildman–Crippen MR) is 77.9 cm³/mol. The minimum atomic E-state index is 0.0948. The van der Waals surface area contributed by atoms with E-state index in [9.17, 15) is 5.11 Å². The SMILES string of the molecule is COc1ccc(-c2nc(-c3ccccn3)nn2C)c(O)c1. The summed E-state index contributed by atoms with van der Waals surface area (Å²) in [5, 5.41) is 14.4. The van der Waals surface area contributed by atoms with E-state index in [1.807, 2.05) is 18.2 Å². The highest BCUT2D eigenvalue weighted by Crippen LogP contribution is 2.31. The second-order valence-corrected chi connectivity index (χ2v) is 4.48. The number of aromatic hydroxyl groups is 1. The summed E-state index contributed by atoms with van der Waals surface area (Å²) in [5.41, 5.74) is 1.28. The van der Waals surface area contributed by atoms with E-state index in [0.717, 1.165) is 0 Å². The first kappa shape index (κ1) is 13.1. The molecule has 0 saturated carbocycles. The Kier molecular flexibility index (Phi) is 3.27. The molecule has 0 aliphatic carbocycles. The number of methoxy groups -OCH3 is 1. The van der Waals surface area contributed by atoms with Crippen LogP contribution in [0.4, 0.5) is 0 Å². The van der Waals surface area contributed by atoms with Crippen molar-refractivity contribution in [3.05, 3.63) is 42.6 Å². The van der Waals surface area contributed by atoms with Crippen LogP contribution in [0, 0.1) is 0 Å². The summed E-state index contributed by atoms with van der Waals surface area (Å²) in [5.74, 6) is 1.76. The predicted octanol–water partition coefficient (Wildman–Crippen LogP) is 2.26. The fourth-order valence-corrected chi connectivity index (χ4v) is 2.05. The Morgan fingerprint density at radius 1 is 1.19 bits per heavy atom. The van der Waals surface area contributed by atoms with Gasteiger partial charge >= 0.3 is 0 Å². The average molecular weight is 282 g/mol. The van der Waals surface area contributed by atoms with Crippen LogP contribution in [0.15, 0.2) is 42.6 Å². The van der Waals surface area contributed by atoms with Crippen molar-refractivity contribution in [2.45, 2.75) is 0 Å². The number of pyridine rings is 1. The second-order valence-electron chi connectivity index (χ2n) is 4.48. The molecule has 106 valence electrons. The average Bonchev–Trinajstić information content (AvgIpc) is 2.90. The Labute approximate surface area is 121 Å².